The van der Waals surface area contributed by atoms with Gasteiger partial charge in [-0.3, -0.25) is 4.79 Å². The van der Waals surface area contributed by atoms with Crippen LogP contribution in [0.1, 0.15) is 43.7 Å². The van der Waals surface area contributed by atoms with Gasteiger partial charge >= 0.3 is 0 Å². The Bertz CT molecular complexity index is 716. The fraction of sp³-hybridized carbons (Fsp3) is 0.381. The number of carbonyl (C=O) groups excluding carboxylic acids is 1. The number of anilines is 1. The molecule has 0 radical (unpaired) electrons. The van der Waals surface area contributed by atoms with Crippen molar-refractivity contribution in [2.24, 2.45) is 0 Å². The van der Waals surface area contributed by atoms with E-state index in [4.69, 9.17) is 0 Å². The van der Waals surface area contributed by atoms with Crippen LogP contribution in [0.4, 0.5) is 5.69 Å². The Balaban J connectivity index is 1.78. The second-order valence-electron chi connectivity index (χ2n) is 7.01. The van der Waals surface area contributed by atoms with Gasteiger partial charge in [0.2, 0.25) is 5.91 Å². The van der Waals surface area contributed by atoms with Gasteiger partial charge < -0.3 is 4.90 Å². The third kappa shape index (κ3) is 2.20. The molecule has 1 amide bonds. The van der Waals surface area contributed by atoms with Crippen LogP contribution in [0, 0.1) is 0 Å². The molecule has 1 heterocycles. The Morgan fingerprint density at radius 1 is 1.00 bits per heavy atom. The molecule has 2 aromatic rings. The highest BCUT2D eigenvalue weighted by atomic mass is 16.2. The summed E-state index contributed by atoms with van der Waals surface area (Å²) in [6, 6.07) is 19.0. The molecule has 2 aromatic carbocycles. The highest BCUT2D eigenvalue weighted by molar-refractivity contribution is 6.03. The molecule has 2 aliphatic rings. The molecule has 2 nitrogen and oxygen atoms in total. The Morgan fingerprint density at radius 2 is 1.65 bits per heavy atom. The van der Waals surface area contributed by atoms with Crippen molar-refractivity contribution >= 4 is 11.6 Å². The molecule has 118 valence electrons. The van der Waals surface area contributed by atoms with E-state index in [-0.39, 0.29) is 11.5 Å². The molecule has 0 bridgehead atoms. The summed E-state index contributed by atoms with van der Waals surface area (Å²) in [4.78, 5) is 15.7. The van der Waals surface area contributed by atoms with Crippen LogP contribution in [-0.4, -0.2) is 11.9 Å². The maximum Gasteiger partial charge on any atom is 0.237 e. The highest BCUT2D eigenvalue weighted by Gasteiger charge is 2.47. The van der Waals surface area contributed by atoms with Gasteiger partial charge in [-0.15, -0.1) is 0 Å². The minimum atomic E-state index is -0.326. The molecule has 1 atom stereocenters. The van der Waals surface area contributed by atoms with E-state index in [2.05, 4.69) is 54.3 Å². The maximum atomic E-state index is 13.7. The van der Waals surface area contributed by atoms with Gasteiger partial charge in [0.05, 0.1) is 5.41 Å². The van der Waals surface area contributed by atoms with Crippen LogP contribution in [-0.2, 0) is 16.6 Å². The van der Waals surface area contributed by atoms with E-state index in [0.29, 0.717) is 5.91 Å². The normalized spacial score (nSPS) is 22.1. The Labute approximate surface area is 138 Å². The molecule has 1 fully saturated rings. The van der Waals surface area contributed by atoms with Crippen molar-refractivity contribution < 1.29 is 4.79 Å². The smallest absolute Gasteiger partial charge is 0.237 e. The zero-order valence-corrected chi connectivity index (χ0v) is 13.7. The quantitative estimate of drug-likeness (QED) is 0.801. The van der Waals surface area contributed by atoms with E-state index in [0.717, 1.165) is 37.8 Å². The first-order chi connectivity index (χ1) is 11.2. The number of hydrogen-bond donors (Lipinski definition) is 0. The molecule has 1 aliphatic carbocycles. The van der Waals surface area contributed by atoms with Crippen LogP contribution in [0.15, 0.2) is 54.6 Å². The molecule has 1 unspecified atom stereocenters. The SMILES string of the molecule is CC1Cc2ccccc2N1C(=O)C1(c2ccccc2)CCCC1. The van der Waals surface area contributed by atoms with E-state index in [9.17, 15) is 4.79 Å². The summed E-state index contributed by atoms with van der Waals surface area (Å²) in [5.74, 6) is 0.304. The standard InChI is InChI=1S/C21H23NO/c1-16-15-17-9-5-6-12-19(17)22(16)20(23)21(13-7-8-14-21)18-10-3-2-4-11-18/h2-6,9-12,16H,7-8,13-15H2,1H3. The number of amides is 1. The van der Waals surface area contributed by atoms with Crippen LogP contribution in [0.3, 0.4) is 0 Å². The summed E-state index contributed by atoms with van der Waals surface area (Å²) in [6.45, 7) is 2.17. The maximum absolute atomic E-state index is 13.7. The molecule has 23 heavy (non-hydrogen) atoms. The minimum absolute atomic E-state index is 0.251. The summed E-state index contributed by atoms with van der Waals surface area (Å²) in [5.41, 5.74) is 3.29. The molecule has 0 saturated heterocycles. The van der Waals surface area contributed by atoms with Crippen molar-refractivity contribution in [3.05, 3.63) is 65.7 Å². The van der Waals surface area contributed by atoms with Crippen molar-refractivity contribution in [1.82, 2.24) is 0 Å². The van der Waals surface area contributed by atoms with E-state index < -0.39 is 0 Å². The first-order valence-electron chi connectivity index (χ1n) is 8.69. The zero-order valence-electron chi connectivity index (χ0n) is 13.7. The van der Waals surface area contributed by atoms with Gasteiger partial charge in [-0.05, 0) is 43.4 Å². The Kier molecular flexibility index (Phi) is 3.48. The average Bonchev–Trinajstić information content (AvgIpc) is 3.20. The highest BCUT2D eigenvalue weighted by Crippen LogP contribution is 2.45. The van der Waals surface area contributed by atoms with Gasteiger partial charge in [0.25, 0.3) is 0 Å². The van der Waals surface area contributed by atoms with Gasteiger partial charge in [-0.2, -0.15) is 0 Å². The fourth-order valence-corrected chi connectivity index (χ4v) is 4.47. The molecule has 4 rings (SSSR count). The van der Waals surface area contributed by atoms with Crippen LogP contribution >= 0.6 is 0 Å². The first kappa shape index (κ1) is 14.5. The number of carbonyl (C=O) groups is 1. The number of para-hydroxylation sites is 1. The number of hydrogen-bond acceptors (Lipinski definition) is 1. The van der Waals surface area contributed by atoms with Gasteiger partial charge in [0, 0.05) is 11.7 Å². The number of rotatable bonds is 2. The van der Waals surface area contributed by atoms with Gasteiger partial charge in [-0.25, -0.2) is 0 Å². The Hall–Kier alpha value is -2.09. The average molecular weight is 305 g/mol. The van der Waals surface area contributed by atoms with E-state index >= 15 is 0 Å². The predicted molar refractivity (Wildman–Crippen MR) is 93.7 cm³/mol. The lowest BCUT2D eigenvalue weighted by atomic mass is 9.77. The second kappa shape index (κ2) is 5.52. The van der Waals surface area contributed by atoms with Crippen LogP contribution < -0.4 is 4.90 Å². The molecule has 0 aromatic heterocycles. The van der Waals surface area contributed by atoms with Crippen molar-refractivity contribution in [3.63, 3.8) is 0 Å². The van der Waals surface area contributed by atoms with Crippen molar-refractivity contribution in [2.45, 2.75) is 50.5 Å². The van der Waals surface area contributed by atoms with Crippen LogP contribution in [0.25, 0.3) is 0 Å². The second-order valence-corrected chi connectivity index (χ2v) is 7.01. The lowest BCUT2D eigenvalue weighted by Crippen LogP contribution is -2.48. The summed E-state index contributed by atoms with van der Waals surface area (Å²) < 4.78 is 0. The van der Waals surface area contributed by atoms with Gasteiger partial charge in [-0.1, -0.05) is 61.4 Å². The van der Waals surface area contributed by atoms with Crippen molar-refractivity contribution in [1.29, 1.82) is 0 Å². The van der Waals surface area contributed by atoms with E-state index in [1.54, 1.807) is 0 Å². The number of benzene rings is 2. The summed E-state index contributed by atoms with van der Waals surface area (Å²) >= 11 is 0. The lowest BCUT2D eigenvalue weighted by molar-refractivity contribution is -0.124. The molecular formula is C21H23NO. The van der Waals surface area contributed by atoms with E-state index in [1.165, 1.54) is 11.1 Å². The predicted octanol–water partition coefficient (Wildman–Crippen LogP) is 4.48. The third-order valence-electron chi connectivity index (χ3n) is 5.62. The van der Waals surface area contributed by atoms with Crippen molar-refractivity contribution in [2.75, 3.05) is 4.90 Å². The molecule has 0 N–H and O–H groups in total. The zero-order chi connectivity index (χ0) is 15.9. The molecule has 0 spiro atoms. The molecule has 2 heteroatoms. The monoisotopic (exact) mass is 305 g/mol. The van der Waals surface area contributed by atoms with Crippen LogP contribution in [0.5, 0.6) is 0 Å². The minimum Gasteiger partial charge on any atom is -0.308 e. The lowest BCUT2D eigenvalue weighted by Gasteiger charge is -2.35. The number of fused-ring (bicyclic) bond motifs is 1. The fourth-order valence-electron chi connectivity index (χ4n) is 4.47. The summed E-state index contributed by atoms with van der Waals surface area (Å²) in [6.07, 6.45) is 5.20. The first-order valence-corrected chi connectivity index (χ1v) is 8.69. The van der Waals surface area contributed by atoms with E-state index in [1.807, 2.05) is 12.1 Å². The molecule has 1 saturated carbocycles. The molecular weight excluding hydrogens is 282 g/mol. The summed E-state index contributed by atoms with van der Waals surface area (Å²) in [5, 5.41) is 0. The molecule has 1 aliphatic heterocycles. The van der Waals surface area contributed by atoms with Gasteiger partial charge in [0.1, 0.15) is 0 Å². The number of nitrogens with zero attached hydrogens (tertiary/aromatic N) is 1. The largest absolute Gasteiger partial charge is 0.308 e. The van der Waals surface area contributed by atoms with Crippen LogP contribution in [0.2, 0.25) is 0 Å². The van der Waals surface area contributed by atoms with Crippen molar-refractivity contribution in [3.8, 4) is 0 Å². The van der Waals surface area contributed by atoms with Gasteiger partial charge in [0.15, 0.2) is 0 Å². The topological polar surface area (TPSA) is 20.3 Å². The summed E-state index contributed by atoms with van der Waals surface area (Å²) in [7, 11) is 0. The third-order valence-corrected chi connectivity index (χ3v) is 5.62. The Morgan fingerprint density at radius 3 is 2.39 bits per heavy atom.